The summed E-state index contributed by atoms with van der Waals surface area (Å²) in [6.45, 7) is 11.4. The minimum atomic E-state index is -2.46. The third-order valence-electron chi connectivity index (χ3n) is 6.02. The Hall–Kier alpha value is -0.361. The summed E-state index contributed by atoms with van der Waals surface area (Å²) in [4.78, 5) is 14.8. The molecule has 26 heavy (non-hydrogen) atoms. The molecule has 0 aromatic carbocycles. The van der Waals surface area contributed by atoms with E-state index in [2.05, 4.69) is 43.8 Å². The summed E-state index contributed by atoms with van der Waals surface area (Å²) in [5.74, 6) is 1.14. The Bertz CT molecular complexity index is 493. The molecule has 0 spiro atoms. The summed E-state index contributed by atoms with van der Waals surface area (Å²) in [6, 6.07) is 0. The van der Waals surface area contributed by atoms with Gasteiger partial charge in [0.05, 0.1) is 0 Å². The quantitative estimate of drug-likeness (QED) is 0.455. The van der Waals surface area contributed by atoms with Gasteiger partial charge in [-0.1, -0.05) is 0 Å². The van der Waals surface area contributed by atoms with E-state index in [-0.39, 0.29) is 0 Å². The van der Waals surface area contributed by atoms with E-state index in [1.165, 1.54) is 55.5 Å². The molecule has 1 aromatic heterocycles. The zero-order chi connectivity index (χ0) is 18.8. The van der Waals surface area contributed by atoms with Crippen molar-refractivity contribution in [1.29, 1.82) is 0 Å². The zero-order valence-corrected chi connectivity index (χ0v) is 20.5. The van der Waals surface area contributed by atoms with Crippen molar-refractivity contribution < 1.29 is 0 Å². The molecule has 1 aromatic rings. The van der Waals surface area contributed by atoms with E-state index < -0.39 is 18.4 Å². The molecular formula is C21H40N4Sn. The molecule has 0 amide bonds. The number of hydrogen-bond acceptors (Lipinski definition) is 4. The van der Waals surface area contributed by atoms with Crippen LogP contribution < -0.4 is 8.61 Å². The van der Waals surface area contributed by atoms with Crippen molar-refractivity contribution in [2.75, 3.05) is 38.1 Å². The molecule has 5 heteroatoms. The number of piperazine rings is 1. The van der Waals surface area contributed by atoms with Gasteiger partial charge < -0.3 is 0 Å². The Morgan fingerprint density at radius 1 is 0.846 bits per heavy atom. The van der Waals surface area contributed by atoms with Gasteiger partial charge in [-0.3, -0.25) is 0 Å². The van der Waals surface area contributed by atoms with Gasteiger partial charge in [0.1, 0.15) is 0 Å². The van der Waals surface area contributed by atoms with E-state index in [1.54, 1.807) is 0 Å². The zero-order valence-electron chi connectivity index (χ0n) is 17.6. The van der Waals surface area contributed by atoms with Crippen LogP contribution in [-0.2, 0) is 0 Å². The second kappa shape index (κ2) is 11.5. The van der Waals surface area contributed by atoms with Crippen LogP contribution in [0.1, 0.15) is 59.3 Å². The molecule has 4 nitrogen and oxygen atoms in total. The summed E-state index contributed by atoms with van der Waals surface area (Å²) >= 11 is -2.46. The van der Waals surface area contributed by atoms with Crippen LogP contribution in [0.4, 0.5) is 5.82 Å². The summed E-state index contributed by atoms with van der Waals surface area (Å²) in [6.07, 6.45) is 12.2. The van der Waals surface area contributed by atoms with E-state index in [1.807, 2.05) is 6.20 Å². The Kier molecular flexibility index (Phi) is 9.68. The van der Waals surface area contributed by atoms with Crippen molar-refractivity contribution in [2.24, 2.45) is 0 Å². The van der Waals surface area contributed by atoms with Crippen LogP contribution >= 0.6 is 0 Å². The van der Waals surface area contributed by atoms with Gasteiger partial charge in [-0.05, 0) is 0 Å². The standard InChI is InChI=1S/C9H13N4.3C4H9.Sn/c1-12-4-6-13(7-5-12)9-8-10-2-3-11-9;3*1-3-4-2;/h2,8H,4-7H2,1H3;3*1,3-4H2,2H3;. The first-order valence-corrected chi connectivity index (χ1v) is 18.4. The van der Waals surface area contributed by atoms with Crippen molar-refractivity contribution in [3.05, 3.63) is 12.4 Å². The molecule has 0 aliphatic carbocycles. The Morgan fingerprint density at radius 3 is 1.88 bits per heavy atom. The van der Waals surface area contributed by atoms with E-state index in [4.69, 9.17) is 9.97 Å². The monoisotopic (exact) mass is 468 g/mol. The van der Waals surface area contributed by atoms with E-state index in [0.717, 1.165) is 32.0 Å². The maximum atomic E-state index is 5.29. The predicted octanol–water partition coefficient (Wildman–Crippen LogP) is 4.28. The molecule has 0 saturated carbocycles. The third-order valence-corrected chi connectivity index (χ3v) is 21.0. The van der Waals surface area contributed by atoms with Crippen LogP contribution in [-0.4, -0.2) is 66.5 Å². The minimum absolute atomic E-state index is 1.08. The molecule has 0 atom stereocenters. The van der Waals surface area contributed by atoms with Crippen LogP contribution in [0.2, 0.25) is 13.3 Å². The topological polar surface area (TPSA) is 32.3 Å². The third kappa shape index (κ3) is 6.08. The average molecular weight is 467 g/mol. The molecule has 1 aliphatic rings. The molecular weight excluding hydrogens is 427 g/mol. The molecule has 0 N–H and O–H groups in total. The van der Waals surface area contributed by atoms with Crippen LogP contribution in [0.15, 0.2) is 12.4 Å². The fourth-order valence-corrected chi connectivity index (χ4v) is 19.3. The number of nitrogens with zero attached hydrogens (tertiary/aromatic N) is 4. The summed E-state index contributed by atoms with van der Waals surface area (Å²) in [7, 11) is 2.21. The van der Waals surface area contributed by atoms with Gasteiger partial charge in [0.15, 0.2) is 0 Å². The van der Waals surface area contributed by atoms with Crippen molar-refractivity contribution in [2.45, 2.75) is 72.6 Å². The van der Waals surface area contributed by atoms with E-state index in [9.17, 15) is 0 Å². The summed E-state index contributed by atoms with van der Waals surface area (Å²) < 4.78 is 5.86. The van der Waals surface area contributed by atoms with Crippen LogP contribution in [0.25, 0.3) is 0 Å². The van der Waals surface area contributed by atoms with E-state index >= 15 is 0 Å². The predicted molar refractivity (Wildman–Crippen MR) is 116 cm³/mol. The first-order valence-electron chi connectivity index (χ1n) is 10.9. The van der Waals surface area contributed by atoms with Gasteiger partial charge in [-0.25, -0.2) is 0 Å². The second-order valence-electron chi connectivity index (χ2n) is 8.14. The Labute approximate surface area is 165 Å². The Balaban J connectivity index is 2.27. The average Bonchev–Trinajstić information content (AvgIpc) is 2.68. The van der Waals surface area contributed by atoms with Crippen LogP contribution in [0.5, 0.6) is 0 Å². The number of anilines is 1. The van der Waals surface area contributed by atoms with Crippen molar-refractivity contribution in [3.8, 4) is 0 Å². The van der Waals surface area contributed by atoms with E-state index in [0.29, 0.717) is 0 Å². The number of rotatable bonds is 11. The number of aromatic nitrogens is 2. The summed E-state index contributed by atoms with van der Waals surface area (Å²) in [5, 5.41) is 0. The van der Waals surface area contributed by atoms with Gasteiger partial charge in [0, 0.05) is 0 Å². The molecule has 148 valence electrons. The Morgan fingerprint density at radius 2 is 1.38 bits per heavy atom. The van der Waals surface area contributed by atoms with Crippen LogP contribution in [0, 0.1) is 0 Å². The van der Waals surface area contributed by atoms with Crippen molar-refractivity contribution in [1.82, 2.24) is 14.9 Å². The fraction of sp³-hybridized carbons (Fsp3) is 0.810. The van der Waals surface area contributed by atoms with Gasteiger partial charge in [0.2, 0.25) is 0 Å². The normalized spacial score (nSPS) is 16.2. The van der Waals surface area contributed by atoms with Crippen LogP contribution in [0.3, 0.4) is 0 Å². The maximum absolute atomic E-state index is 5.29. The molecule has 0 unspecified atom stereocenters. The van der Waals surface area contributed by atoms with Crippen molar-refractivity contribution in [3.63, 3.8) is 0 Å². The fourth-order valence-electron chi connectivity index (χ4n) is 4.10. The van der Waals surface area contributed by atoms with Crippen molar-refractivity contribution >= 4 is 27.9 Å². The number of unbranched alkanes of at least 4 members (excludes halogenated alkanes) is 3. The molecule has 1 fully saturated rings. The van der Waals surface area contributed by atoms with Gasteiger partial charge in [-0.15, -0.1) is 0 Å². The van der Waals surface area contributed by atoms with Gasteiger partial charge in [-0.2, -0.15) is 0 Å². The molecule has 2 heterocycles. The van der Waals surface area contributed by atoms with Gasteiger partial charge >= 0.3 is 166 Å². The number of hydrogen-bond donors (Lipinski definition) is 0. The second-order valence-corrected chi connectivity index (χ2v) is 21.2. The molecule has 0 radical (unpaired) electrons. The molecule has 1 saturated heterocycles. The first-order chi connectivity index (χ1) is 12.6. The molecule has 1 aliphatic heterocycles. The van der Waals surface area contributed by atoms with Gasteiger partial charge in [0.25, 0.3) is 0 Å². The molecule has 2 rings (SSSR count). The molecule has 0 bridgehead atoms. The first kappa shape index (κ1) is 21.9. The summed E-state index contributed by atoms with van der Waals surface area (Å²) in [5.41, 5.74) is 0. The SMILES string of the molecule is CCC[CH2][Sn]([CH2]CCC)([CH2]CCC)[c]1cncc(N2CCN(C)CC2)n1. The number of likely N-dealkylation sites (N-methyl/N-ethyl adjacent to an activating group) is 1.